The van der Waals surface area contributed by atoms with Gasteiger partial charge in [0, 0.05) is 11.6 Å². The summed E-state index contributed by atoms with van der Waals surface area (Å²) in [5.41, 5.74) is 7.60. The van der Waals surface area contributed by atoms with E-state index in [2.05, 4.69) is 5.32 Å². The van der Waals surface area contributed by atoms with Crippen LogP contribution >= 0.6 is 11.6 Å². The van der Waals surface area contributed by atoms with Crippen LogP contribution in [0.25, 0.3) is 0 Å². The molecule has 0 saturated heterocycles. The summed E-state index contributed by atoms with van der Waals surface area (Å²) in [6.45, 7) is 1.02. The molecular weight excluding hydrogens is 208 g/mol. The van der Waals surface area contributed by atoms with Crippen molar-refractivity contribution in [1.82, 2.24) is 0 Å². The van der Waals surface area contributed by atoms with E-state index in [4.69, 9.17) is 17.3 Å². The Balaban J connectivity index is 1.94. The van der Waals surface area contributed by atoms with E-state index in [0.29, 0.717) is 0 Å². The topological polar surface area (TPSA) is 38.0 Å². The number of nitrogens with one attached hydrogen (secondary N) is 1. The molecule has 0 spiro atoms. The lowest BCUT2D eigenvalue weighted by Crippen LogP contribution is -2.12. The maximum atomic E-state index is 5.92. The molecule has 0 heterocycles. The number of rotatable bonds is 3. The van der Waals surface area contributed by atoms with Crippen molar-refractivity contribution in [1.29, 1.82) is 0 Å². The van der Waals surface area contributed by atoms with Gasteiger partial charge in [0.25, 0.3) is 0 Å². The quantitative estimate of drug-likeness (QED) is 0.771. The minimum Gasteiger partial charge on any atom is -0.397 e. The first-order valence-electron chi connectivity index (χ1n) is 5.54. The third-order valence-electron chi connectivity index (χ3n) is 3.07. The van der Waals surface area contributed by atoms with E-state index >= 15 is 0 Å². The maximum Gasteiger partial charge on any atom is 0.0588 e. The summed E-state index contributed by atoms with van der Waals surface area (Å²) in [4.78, 5) is 0. The number of hydrogen-bond donors (Lipinski definition) is 2. The van der Waals surface area contributed by atoms with E-state index < -0.39 is 0 Å². The van der Waals surface area contributed by atoms with Gasteiger partial charge in [-0.25, -0.2) is 0 Å². The Bertz CT molecular complexity index is 332. The van der Waals surface area contributed by atoms with Gasteiger partial charge in [-0.3, -0.25) is 0 Å². The van der Waals surface area contributed by atoms with Crippen LogP contribution in [-0.2, 0) is 0 Å². The number of halogens is 1. The molecule has 1 saturated carbocycles. The van der Waals surface area contributed by atoms with Crippen LogP contribution in [-0.4, -0.2) is 6.54 Å². The first-order chi connectivity index (χ1) is 7.25. The van der Waals surface area contributed by atoms with Crippen molar-refractivity contribution in [2.75, 3.05) is 17.6 Å². The third-order valence-corrected chi connectivity index (χ3v) is 3.31. The highest BCUT2D eigenvalue weighted by molar-refractivity contribution is 6.31. The number of nitrogens with two attached hydrogens (primary N) is 1. The number of hydrogen-bond acceptors (Lipinski definition) is 2. The van der Waals surface area contributed by atoms with Gasteiger partial charge in [-0.2, -0.15) is 0 Å². The van der Waals surface area contributed by atoms with Gasteiger partial charge >= 0.3 is 0 Å². The SMILES string of the molecule is Nc1ccc(Cl)cc1NCC1CCCC1. The molecule has 3 N–H and O–H groups in total. The zero-order valence-corrected chi connectivity index (χ0v) is 9.56. The second-order valence-corrected chi connectivity index (χ2v) is 4.70. The van der Waals surface area contributed by atoms with Gasteiger partial charge in [0.05, 0.1) is 11.4 Å². The molecule has 2 nitrogen and oxygen atoms in total. The van der Waals surface area contributed by atoms with E-state index in [0.717, 1.165) is 28.9 Å². The second kappa shape index (κ2) is 4.75. The number of nitrogen functional groups attached to an aromatic ring is 1. The molecule has 82 valence electrons. The van der Waals surface area contributed by atoms with Gasteiger partial charge in [-0.05, 0) is 37.0 Å². The second-order valence-electron chi connectivity index (χ2n) is 4.26. The molecule has 1 fully saturated rings. The molecule has 1 aliphatic carbocycles. The van der Waals surface area contributed by atoms with E-state index in [9.17, 15) is 0 Å². The molecule has 2 rings (SSSR count). The van der Waals surface area contributed by atoms with Crippen molar-refractivity contribution in [2.45, 2.75) is 25.7 Å². The minimum atomic E-state index is 0.734. The third kappa shape index (κ3) is 2.78. The van der Waals surface area contributed by atoms with Gasteiger partial charge in [-0.1, -0.05) is 24.4 Å². The van der Waals surface area contributed by atoms with Crippen molar-refractivity contribution < 1.29 is 0 Å². The highest BCUT2D eigenvalue weighted by Crippen LogP contribution is 2.27. The van der Waals surface area contributed by atoms with Crippen LogP contribution < -0.4 is 11.1 Å². The Labute approximate surface area is 95.8 Å². The smallest absolute Gasteiger partial charge is 0.0588 e. The Hall–Kier alpha value is -0.890. The van der Waals surface area contributed by atoms with E-state index in [1.54, 1.807) is 0 Å². The van der Waals surface area contributed by atoms with E-state index in [1.165, 1.54) is 25.7 Å². The molecule has 15 heavy (non-hydrogen) atoms. The molecule has 0 aromatic heterocycles. The lowest BCUT2D eigenvalue weighted by Gasteiger charge is -2.13. The van der Waals surface area contributed by atoms with Gasteiger partial charge in [-0.15, -0.1) is 0 Å². The molecule has 1 aliphatic rings. The van der Waals surface area contributed by atoms with Crippen molar-refractivity contribution in [3.05, 3.63) is 23.2 Å². The predicted molar refractivity (Wildman–Crippen MR) is 66.3 cm³/mol. The van der Waals surface area contributed by atoms with Crippen molar-refractivity contribution in [3.8, 4) is 0 Å². The summed E-state index contributed by atoms with van der Waals surface area (Å²) in [5.74, 6) is 0.809. The minimum absolute atomic E-state index is 0.734. The predicted octanol–water partition coefficient (Wildman–Crippen LogP) is 3.52. The average Bonchev–Trinajstić information content (AvgIpc) is 2.72. The summed E-state index contributed by atoms with van der Waals surface area (Å²) in [6.07, 6.45) is 5.43. The Morgan fingerprint density at radius 2 is 2.07 bits per heavy atom. The summed E-state index contributed by atoms with van der Waals surface area (Å²) >= 11 is 5.92. The van der Waals surface area contributed by atoms with Gasteiger partial charge in [0.15, 0.2) is 0 Å². The highest BCUT2D eigenvalue weighted by atomic mass is 35.5. The van der Waals surface area contributed by atoms with Crippen LogP contribution in [0.15, 0.2) is 18.2 Å². The number of benzene rings is 1. The zero-order chi connectivity index (χ0) is 10.7. The van der Waals surface area contributed by atoms with Crippen LogP contribution in [0.2, 0.25) is 5.02 Å². The van der Waals surface area contributed by atoms with Crippen LogP contribution in [0.3, 0.4) is 0 Å². The Morgan fingerprint density at radius 3 is 2.80 bits per heavy atom. The van der Waals surface area contributed by atoms with Crippen LogP contribution in [0.1, 0.15) is 25.7 Å². The van der Waals surface area contributed by atoms with Crippen molar-refractivity contribution >= 4 is 23.0 Å². The molecule has 1 aromatic carbocycles. The van der Waals surface area contributed by atoms with Crippen LogP contribution in [0.5, 0.6) is 0 Å². The molecule has 0 radical (unpaired) electrons. The standard InChI is InChI=1S/C12H17ClN2/c13-10-5-6-11(14)12(7-10)15-8-9-3-1-2-4-9/h5-7,9,15H,1-4,8,14H2. The largest absolute Gasteiger partial charge is 0.397 e. The Kier molecular flexibility index (Phi) is 3.37. The van der Waals surface area contributed by atoms with Crippen LogP contribution in [0, 0.1) is 5.92 Å². The molecular formula is C12H17ClN2. The van der Waals surface area contributed by atoms with E-state index in [1.807, 2.05) is 18.2 Å². The summed E-state index contributed by atoms with van der Waals surface area (Å²) in [5, 5.41) is 4.12. The maximum absolute atomic E-state index is 5.92. The zero-order valence-electron chi connectivity index (χ0n) is 8.80. The first-order valence-corrected chi connectivity index (χ1v) is 5.92. The molecule has 0 unspecified atom stereocenters. The summed E-state index contributed by atoms with van der Waals surface area (Å²) < 4.78 is 0. The molecule has 0 amide bonds. The lowest BCUT2D eigenvalue weighted by atomic mass is 10.1. The summed E-state index contributed by atoms with van der Waals surface area (Å²) in [6, 6.07) is 5.56. The fourth-order valence-corrected chi connectivity index (χ4v) is 2.32. The lowest BCUT2D eigenvalue weighted by molar-refractivity contribution is 0.580. The van der Waals surface area contributed by atoms with Crippen LogP contribution in [0.4, 0.5) is 11.4 Å². The molecule has 1 aromatic rings. The van der Waals surface area contributed by atoms with Crippen molar-refractivity contribution in [2.24, 2.45) is 5.92 Å². The molecule has 3 heteroatoms. The van der Waals surface area contributed by atoms with Gasteiger partial charge < -0.3 is 11.1 Å². The monoisotopic (exact) mass is 224 g/mol. The van der Waals surface area contributed by atoms with Gasteiger partial charge in [0.2, 0.25) is 0 Å². The van der Waals surface area contributed by atoms with Gasteiger partial charge in [0.1, 0.15) is 0 Å². The summed E-state index contributed by atoms with van der Waals surface area (Å²) in [7, 11) is 0. The fraction of sp³-hybridized carbons (Fsp3) is 0.500. The normalized spacial score (nSPS) is 16.9. The average molecular weight is 225 g/mol. The molecule has 0 bridgehead atoms. The number of anilines is 2. The van der Waals surface area contributed by atoms with E-state index in [-0.39, 0.29) is 0 Å². The molecule has 0 aliphatic heterocycles. The Morgan fingerprint density at radius 1 is 1.33 bits per heavy atom. The first kappa shape index (κ1) is 10.6. The van der Waals surface area contributed by atoms with Crippen molar-refractivity contribution in [3.63, 3.8) is 0 Å². The molecule has 0 atom stereocenters. The highest BCUT2D eigenvalue weighted by Gasteiger charge is 2.14. The fourth-order valence-electron chi connectivity index (χ4n) is 2.15.